The Kier molecular flexibility index (Phi) is 37.5. The van der Waals surface area contributed by atoms with Crippen LogP contribution in [0.15, 0.2) is 60.2 Å². The van der Waals surface area contributed by atoms with Crippen LogP contribution in [0.3, 0.4) is 0 Å². The first-order valence-corrected chi connectivity index (χ1v) is 38.0. The second-order valence-electron chi connectivity index (χ2n) is 27.8. The normalized spacial score (nSPS) is 22.2. The van der Waals surface area contributed by atoms with Gasteiger partial charge in [0.2, 0.25) is 53.2 Å². The number of carboxylic acids is 1. The number of unbranched alkanes of at least 4 members (excludes halogenated alkanes) is 2. The maximum absolute atomic E-state index is 14.6. The summed E-state index contributed by atoms with van der Waals surface area (Å²) < 4.78 is 34.5. The van der Waals surface area contributed by atoms with E-state index in [1.807, 2.05) is 6.92 Å². The zero-order chi connectivity index (χ0) is 81.9. The maximum Gasteiger partial charge on any atom is 0.409 e. The SMILES string of the molecule is COCCC(=O)NCCCC[C@H](NC(=O)CN1C(=O)[CH-]CC1=O)C(=O)NCCCC[C@H](NC(=O)[C@H](CCCNC(N)=O)NC(=O)CSCCC(=O)N(C)[C@@H](C)C(=O)O[C@H]1CC(=O)N(C)c2cc(cc(OC)c2Cl)C/C(C)=C/C=C/[C@@H](OC)[C@@]2(O)C[C@H](OC(=O)N2)[C@@H](C)[C@@H]2O[C@@]12C)C(=O)N[C@@H](Cc1ccc(O)cc1)C(=O)O.[V]. The molecule has 4 bridgehead atoms. The molecular weight excluding hydrogens is 1540 g/mol. The van der Waals surface area contributed by atoms with Gasteiger partial charge in [0.1, 0.15) is 77.2 Å². The molecule has 4 aliphatic rings. The molecule has 35 nitrogen and oxygen atoms in total. The number of rotatable bonds is 39. The van der Waals surface area contributed by atoms with Crippen LogP contribution in [-0.4, -0.2) is 254 Å². The number of nitrogens with two attached hydrogens (primary N) is 1. The number of carboxylic acid groups (broad SMARTS) is 1. The number of carbonyl (C=O) groups excluding carboxylic acids is 13. The largest absolute Gasteiger partial charge is 0.508 e. The van der Waals surface area contributed by atoms with Crippen molar-refractivity contribution in [2.24, 2.45) is 11.7 Å². The summed E-state index contributed by atoms with van der Waals surface area (Å²) >= 11 is 7.85. The van der Waals surface area contributed by atoms with Gasteiger partial charge in [-0.05, 0) is 114 Å². The van der Waals surface area contributed by atoms with Crippen LogP contribution in [0.25, 0.3) is 0 Å². The van der Waals surface area contributed by atoms with Crippen LogP contribution < -0.4 is 57.9 Å². The summed E-state index contributed by atoms with van der Waals surface area (Å²) in [6.07, 6.45) is 1.08. The summed E-state index contributed by atoms with van der Waals surface area (Å²) in [6, 6.07) is 1.27. The zero-order valence-electron chi connectivity index (χ0n) is 64.3. The molecule has 112 heavy (non-hydrogen) atoms. The number of imide groups is 1. The van der Waals surface area contributed by atoms with Gasteiger partial charge in [-0.15, -0.1) is 0 Å². The van der Waals surface area contributed by atoms with E-state index in [4.69, 9.17) is 45.8 Å². The number of methoxy groups -OCH3 is 3. The van der Waals surface area contributed by atoms with Gasteiger partial charge in [0.15, 0.2) is 5.72 Å². The number of fused-ring (bicyclic) bond motifs is 5. The standard InChI is InChI=1S/C74H104ClN12O23S.V/c1-42-16-14-20-55(107-9)74(104)39-54(108-72(103)84-74)43(2)65-73(4,110-65)56(38-63(95)86(6)52-36-46(34-42)37-53(106-8)64(52)75)109-70(101)44(3)85(5)60(92)28-33-111-41-59(91)81-49(19-15-31-79-71(76)102)67(97)82-50(68(98)83-51(69(99)100)35-45-21-23-47(88)24-22-45)18-11-13-30-78-66(96)48(17-10-12-29-77-57(89)27-32-105-7)80-58(90)40-87-61(93)25-26-62(87)94;/h14,16,20-25,36-37,43-44,48-51,54-56,65,88,104H,10-13,15,17-19,26-35,38-41H2,1-9H3,(H,77,89)(H,78,96)(H,80,90)(H,81,91)(H,82,97)(H,83,98)(H,84,103)(H,99,100)(H3,76,79,102);/q-1;/b20-14+,42-16+;/t43-,44+,48+,49+,50+,51+,54+,55-,56+,65+,73+,74+;/m1./s1. The Balaban J connectivity index is 0.0000224. The maximum atomic E-state index is 14.6. The number of ether oxygens (including phenoxy) is 6. The number of nitrogens with one attached hydrogen (secondary N) is 8. The molecule has 4 heterocycles. The molecule has 13 N–H and O–H groups in total. The number of alkyl carbamates (subject to hydrolysis) is 1. The Hall–Kier alpha value is -9.17. The van der Waals surface area contributed by atoms with Gasteiger partial charge < -0.3 is 106 Å². The summed E-state index contributed by atoms with van der Waals surface area (Å²) in [5.41, 5.74) is 4.19. The number of halogens is 1. The molecule has 38 heteroatoms. The van der Waals surface area contributed by atoms with E-state index >= 15 is 0 Å². The number of epoxide rings is 1. The molecule has 13 amide bonds. The molecule has 0 unspecified atom stereocenters. The number of hydrogen-bond donors (Lipinski definition) is 12. The number of amides is 13. The Morgan fingerprint density at radius 3 is 2.08 bits per heavy atom. The van der Waals surface area contributed by atoms with Crippen molar-refractivity contribution < 1.29 is 129 Å². The smallest absolute Gasteiger partial charge is 0.409 e. The van der Waals surface area contributed by atoms with Gasteiger partial charge in [0.25, 0.3) is 0 Å². The number of aliphatic carboxylic acids is 1. The van der Waals surface area contributed by atoms with Gasteiger partial charge in [-0.2, -0.15) is 11.8 Å². The average molecular weight is 1650 g/mol. The van der Waals surface area contributed by atoms with Crippen LogP contribution in [0, 0.1) is 12.3 Å². The van der Waals surface area contributed by atoms with Crippen molar-refractivity contribution in [1.82, 2.24) is 52.3 Å². The fourth-order valence-corrected chi connectivity index (χ4v) is 13.8. The topological polar surface area (TPSA) is 490 Å². The number of nitrogens with zero attached hydrogens (tertiary/aromatic N) is 3. The van der Waals surface area contributed by atoms with Crippen LogP contribution in [0.4, 0.5) is 15.3 Å². The molecule has 6 rings (SSSR count). The molecular formula is C74H104ClN12O23SV-. The molecule has 3 saturated heterocycles. The minimum absolute atomic E-state index is 0. The first-order valence-electron chi connectivity index (χ1n) is 36.5. The van der Waals surface area contributed by atoms with Crippen LogP contribution in [-0.2, 0) is 113 Å². The van der Waals surface area contributed by atoms with Gasteiger partial charge in [-0.1, -0.05) is 60.9 Å². The van der Waals surface area contributed by atoms with Gasteiger partial charge in [0.05, 0.1) is 43.6 Å². The molecule has 4 aliphatic heterocycles. The fourth-order valence-electron chi connectivity index (χ4n) is 12.8. The van der Waals surface area contributed by atoms with Crippen molar-refractivity contribution in [3.8, 4) is 11.5 Å². The third-order valence-corrected chi connectivity index (χ3v) is 20.8. The number of phenols is 1. The second kappa shape index (κ2) is 44.9. The molecule has 0 spiro atoms. The quantitative estimate of drug-likeness (QED) is 0.0149. The van der Waals surface area contributed by atoms with Crippen molar-refractivity contribution in [3.63, 3.8) is 0 Å². The summed E-state index contributed by atoms with van der Waals surface area (Å²) in [6.45, 7) is 6.36. The Labute approximate surface area is 670 Å². The number of esters is 1. The predicted octanol–water partition coefficient (Wildman–Crippen LogP) is 1.63. The number of hydrogen-bond acceptors (Lipinski definition) is 23. The molecule has 0 saturated carbocycles. The van der Waals surface area contributed by atoms with E-state index in [0.29, 0.717) is 30.4 Å². The fraction of sp³-hybridized carbons (Fsp3) is 0.581. The molecule has 0 aliphatic carbocycles. The molecule has 2 aromatic carbocycles. The van der Waals surface area contributed by atoms with E-state index < -0.39 is 162 Å². The number of aromatic hydroxyl groups is 1. The van der Waals surface area contributed by atoms with Gasteiger partial charge >= 0.3 is 24.1 Å². The third-order valence-electron chi connectivity index (χ3n) is 19.4. The summed E-state index contributed by atoms with van der Waals surface area (Å²) in [7, 11) is 7.13. The number of carbonyl (C=O) groups is 14. The average Bonchev–Trinajstić information content (AvgIpc) is 1.57. The molecule has 0 aromatic heterocycles. The number of likely N-dealkylation sites (tertiary alicyclic amines) is 1. The van der Waals surface area contributed by atoms with Crippen molar-refractivity contribution in [3.05, 3.63) is 82.8 Å². The van der Waals surface area contributed by atoms with E-state index in [9.17, 15) is 82.4 Å². The van der Waals surface area contributed by atoms with Gasteiger partial charge in [0, 0.05) is 104 Å². The molecule has 12 atom stereocenters. The number of anilines is 1. The Morgan fingerprint density at radius 2 is 1.46 bits per heavy atom. The predicted molar refractivity (Wildman–Crippen MR) is 403 cm³/mol. The molecule has 2 aromatic rings. The second-order valence-corrected chi connectivity index (χ2v) is 29.3. The third kappa shape index (κ3) is 28.2. The van der Waals surface area contributed by atoms with E-state index in [-0.39, 0.29) is 155 Å². The number of aliphatic hydroxyl groups is 1. The number of thioether (sulfide) groups is 1. The summed E-state index contributed by atoms with van der Waals surface area (Å²) in [5.74, 6) is -9.82. The molecule has 1 radical (unpaired) electrons. The van der Waals surface area contributed by atoms with Crippen LogP contribution >= 0.6 is 23.4 Å². The van der Waals surface area contributed by atoms with Crippen molar-refractivity contribution in [2.75, 3.05) is 84.6 Å². The number of benzene rings is 2. The first-order chi connectivity index (χ1) is 52.6. The van der Waals surface area contributed by atoms with Crippen molar-refractivity contribution in [2.45, 2.75) is 190 Å². The number of likely N-dealkylation sites (N-methyl/N-ethyl adjacent to an activating group) is 1. The number of primary amides is 1. The number of urea groups is 1. The van der Waals surface area contributed by atoms with E-state index in [1.165, 1.54) is 71.5 Å². The molecule has 3 fully saturated rings. The van der Waals surface area contributed by atoms with Crippen LogP contribution in [0.2, 0.25) is 5.02 Å². The van der Waals surface area contributed by atoms with E-state index in [1.54, 1.807) is 44.2 Å². The van der Waals surface area contributed by atoms with Crippen molar-refractivity contribution in [1.29, 1.82) is 0 Å². The molecule has 617 valence electrons. The summed E-state index contributed by atoms with van der Waals surface area (Å²) in [5, 5.41) is 52.9. The Morgan fingerprint density at radius 1 is 0.830 bits per heavy atom. The first kappa shape index (κ1) is 93.4. The van der Waals surface area contributed by atoms with Crippen LogP contribution in [0.5, 0.6) is 11.5 Å². The van der Waals surface area contributed by atoms with Crippen molar-refractivity contribution >= 4 is 112 Å². The monoisotopic (exact) mass is 1650 g/mol. The number of phenolic OH excluding ortho intramolecular Hbond substituents is 1. The minimum Gasteiger partial charge on any atom is -0.508 e. The van der Waals surface area contributed by atoms with E-state index in [0.717, 1.165) is 33.6 Å². The number of allylic oxidation sites excluding steroid dienone is 3. The minimum atomic E-state index is -1.95. The zero-order valence-corrected chi connectivity index (χ0v) is 67.2. The Bertz CT molecular complexity index is 3730. The van der Waals surface area contributed by atoms with Gasteiger partial charge in [-0.25, -0.2) is 19.2 Å². The van der Waals surface area contributed by atoms with E-state index in [2.05, 4.69) is 42.5 Å². The van der Waals surface area contributed by atoms with Gasteiger partial charge in [-0.3, -0.25) is 54.9 Å². The summed E-state index contributed by atoms with van der Waals surface area (Å²) in [4.78, 5) is 189. The van der Waals surface area contributed by atoms with Crippen LogP contribution in [0.1, 0.15) is 122 Å².